The molecule has 0 radical (unpaired) electrons. The Bertz CT molecular complexity index is 993. The molecule has 0 heterocycles. The predicted molar refractivity (Wildman–Crippen MR) is 111 cm³/mol. The molecule has 3 rings (SSSR count). The molecule has 1 N–H and O–H groups in total. The quantitative estimate of drug-likeness (QED) is 0.549. The van der Waals surface area contributed by atoms with Crippen molar-refractivity contribution in [2.24, 2.45) is 0 Å². The summed E-state index contributed by atoms with van der Waals surface area (Å²) in [6.45, 7) is 2.22. The van der Waals surface area contributed by atoms with Crippen molar-refractivity contribution < 1.29 is 32.5 Å². The number of carbonyl (C=O) groups is 1. The average Bonchev–Trinajstić information content (AvgIpc) is 3.18. The van der Waals surface area contributed by atoms with Crippen LogP contribution in [0.15, 0.2) is 42.0 Å². The summed E-state index contributed by atoms with van der Waals surface area (Å²) >= 11 is 0. The third-order valence-electron chi connectivity index (χ3n) is 5.50. The van der Waals surface area contributed by atoms with Gasteiger partial charge in [0.05, 0.1) is 12.7 Å². The number of allylic oxidation sites excluding steroid dienone is 1. The number of rotatable bonds is 8. The number of ether oxygens (including phenoxy) is 2. The number of halogens is 3. The monoisotopic (exact) mass is 434 g/mol. The molecule has 0 spiro atoms. The van der Waals surface area contributed by atoms with Crippen molar-refractivity contribution in [3.63, 3.8) is 0 Å². The van der Waals surface area contributed by atoms with E-state index in [4.69, 9.17) is 14.6 Å². The first kappa shape index (κ1) is 22.7. The van der Waals surface area contributed by atoms with Gasteiger partial charge in [-0.1, -0.05) is 12.1 Å². The number of aryl methyl sites for hydroxylation is 2. The highest BCUT2D eigenvalue weighted by Gasteiger charge is 2.34. The van der Waals surface area contributed by atoms with E-state index in [1.807, 2.05) is 25.1 Å². The molecule has 0 amide bonds. The molecule has 0 saturated heterocycles. The lowest BCUT2D eigenvalue weighted by molar-refractivity contribution is -0.140. The number of hydrogen-bond donors (Lipinski definition) is 1. The summed E-state index contributed by atoms with van der Waals surface area (Å²) in [6, 6.07) is 9.61. The zero-order valence-corrected chi connectivity index (χ0v) is 17.5. The number of alkyl halides is 3. The highest BCUT2D eigenvalue weighted by molar-refractivity contribution is 5.73. The molecule has 0 unspecified atom stereocenters. The molecule has 31 heavy (non-hydrogen) atoms. The van der Waals surface area contributed by atoms with Gasteiger partial charge in [-0.25, -0.2) is 0 Å². The first-order chi connectivity index (χ1) is 14.7. The van der Waals surface area contributed by atoms with Crippen molar-refractivity contribution in [3.05, 3.63) is 64.2 Å². The fraction of sp³-hybridized carbons (Fsp3) is 0.375. The van der Waals surface area contributed by atoms with Crippen molar-refractivity contribution in [2.75, 3.05) is 13.7 Å². The van der Waals surface area contributed by atoms with Crippen molar-refractivity contribution in [1.29, 1.82) is 0 Å². The number of hydrogen-bond acceptors (Lipinski definition) is 3. The van der Waals surface area contributed by atoms with Gasteiger partial charge in [-0.3, -0.25) is 4.79 Å². The number of carboxylic acid groups (broad SMARTS) is 1. The van der Waals surface area contributed by atoms with Gasteiger partial charge in [-0.2, -0.15) is 13.2 Å². The van der Waals surface area contributed by atoms with Crippen LogP contribution in [0.25, 0.3) is 5.57 Å². The van der Waals surface area contributed by atoms with Crippen LogP contribution in [0.4, 0.5) is 13.2 Å². The van der Waals surface area contributed by atoms with E-state index in [9.17, 15) is 18.0 Å². The van der Waals surface area contributed by atoms with Gasteiger partial charge < -0.3 is 14.6 Å². The van der Waals surface area contributed by atoms with Crippen LogP contribution in [0.3, 0.4) is 0 Å². The molecule has 4 nitrogen and oxygen atoms in total. The van der Waals surface area contributed by atoms with Crippen molar-refractivity contribution in [3.8, 4) is 11.5 Å². The second-order valence-corrected chi connectivity index (χ2v) is 7.62. The van der Waals surface area contributed by atoms with Gasteiger partial charge in [0.25, 0.3) is 0 Å². The highest BCUT2D eigenvalue weighted by Crippen LogP contribution is 2.38. The summed E-state index contributed by atoms with van der Waals surface area (Å²) < 4.78 is 51.4. The molecule has 1 aliphatic rings. The standard InChI is InChI=1S/C24H25F3O4/c1-15-12-18(30-2)9-10-20(15)21-5-3-4-17(21)14-31-19-8-6-16(7-11-23(28)29)22(13-19)24(25,26)27/h6,8-10,12-13H,3-5,7,11,14H2,1-2H3,(H,28,29). The maximum Gasteiger partial charge on any atom is 0.416 e. The lowest BCUT2D eigenvalue weighted by Crippen LogP contribution is -2.11. The van der Waals surface area contributed by atoms with Crippen LogP contribution in [-0.4, -0.2) is 24.8 Å². The lowest BCUT2D eigenvalue weighted by Gasteiger charge is -2.16. The fourth-order valence-electron chi connectivity index (χ4n) is 3.93. The van der Waals surface area contributed by atoms with Gasteiger partial charge in [-0.15, -0.1) is 0 Å². The molecule has 0 fully saturated rings. The summed E-state index contributed by atoms with van der Waals surface area (Å²) in [5.41, 5.74) is 3.55. The van der Waals surface area contributed by atoms with Crippen molar-refractivity contribution in [1.82, 2.24) is 0 Å². The Hall–Kier alpha value is -2.96. The van der Waals surface area contributed by atoms with Crippen LogP contribution in [0, 0.1) is 6.92 Å². The maximum atomic E-state index is 13.5. The predicted octanol–water partition coefficient (Wildman–Crippen LogP) is 6.06. The Morgan fingerprint density at radius 2 is 1.84 bits per heavy atom. The molecular weight excluding hydrogens is 409 g/mol. The molecule has 0 bridgehead atoms. The fourth-order valence-corrected chi connectivity index (χ4v) is 3.93. The number of benzene rings is 2. The van der Waals surface area contributed by atoms with E-state index < -0.39 is 17.7 Å². The van der Waals surface area contributed by atoms with Crippen LogP contribution < -0.4 is 9.47 Å². The summed E-state index contributed by atoms with van der Waals surface area (Å²) in [5, 5.41) is 8.78. The van der Waals surface area contributed by atoms with Crippen molar-refractivity contribution in [2.45, 2.75) is 45.2 Å². The van der Waals surface area contributed by atoms with Gasteiger partial charge in [0.2, 0.25) is 0 Å². The van der Waals surface area contributed by atoms with Gasteiger partial charge >= 0.3 is 12.1 Å². The second-order valence-electron chi connectivity index (χ2n) is 7.62. The Morgan fingerprint density at radius 1 is 1.10 bits per heavy atom. The Morgan fingerprint density at radius 3 is 2.48 bits per heavy atom. The summed E-state index contributed by atoms with van der Waals surface area (Å²) in [5.74, 6) is -0.236. The van der Waals surface area contributed by atoms with E-state index in [0.717, 1.165) is 47.8 Å². The van der Waals surface area contributed by atoms with Gasteiger partial charge in [0.1, 0.15) is 18.1 Å². The minimum absolute atomic E-state index is 0.0446. The van der Waals surface area contributed by atoms with E-state index in [0.29, 0.717) is 0 Å². The molecule has 166 valence electrons. The molecule has 0 saturated carbocycles. The Labute approximate surface area is 179 Å². The minimum atomic E-state index is -4.58. The second kappa shape index (κ2) is 9.45. The number of carboxylic acids is 1. The summed E-state index contributed by atoms with van der Waals surface area (Å²) in [4.78, 5) is 10.7. The molecule has 0 atom stereocenters. The maximum absolute atomic E-state index is 13.5. The van der Waals surface area contributed by atoms with E-state index in [2.05, 4.69) is 0 Å². The molecule has 2 aromatic rings. The number of methoxy groups -OCH3 is 1. The minimum Gasteiger partial charge on any atom is -0.497 e. The zero-order valence-electron chi connectivity index (χ0n) is 17.5. The summed E-state index contributed by atoms with van der Waals surface area (Å²) in [6.07, 6.45) is -2.42. The average molecular weight is 434 g/mol. The Balaban J connectivity index is 1.81. The molecule has 2 aromatic carbocycles. The topological polar surface area (TPSA) is 55.8 Å². The van der Waals surface area contributed by atoms with E-state index in [1.165, 1.54) is 17.7 Å². The van der Waals surface area contributed by atoms with Crippen molar-refractivity contribution >= 4 is 11.5 Å². The number of aliphatic carboxylic acids is 1. The normalized spacial score (nSPS) is 14.1. The third-order valence-corrected chi connectivity index (χ3v) is 5.50. The first-order valence-corrected chi connectivity index (χ1v) is 10.1. The van der Waals surface area contributed by atoms with Gasteiger partial charge in [0, 0.05) is 6.42 Å². The van der Waals surface area contributed by atoms with Crippen LogP contribution in [0.5, 0.6) is 11.5 Å². The molecular formula is C24H25F3O4. The smallest absolute Gasteiger partial charge is 0.416 e. The first-order valence-electron chi connectivity index (χ1n) is 10.1. The molecule has 1 aliphatic carbocycles. The van der Waals surface area contributed by atoms with E-state index in [-0.39, 0.29) is 30.8 Å². The lowest BCUT2D eigenvalue weighted by atomic mass is 9.97. The van der Waals surface area contributed by atoms with Crippen LogP contribution >= 0.6 is 0 Å². The largest absolute Gasteiger partial charge is 0.497 e. The summed E-state index contributed by atoms with van der Waals surface area (Å²) in [7, 11) is 1.62. The van der Waals surface area contributed by atoms with E-state index in [1.54, 1.807) is 7.11 Å². The van der Waals surface area contributed by atoms with Crippen LogP contribution in [-0.2, 0) is 17.4 Å². The van der Waals surface area contributed by atoms with Gasteiger partial charge in [0.15, 0.2) is 0 Å². The molecule has 7 heteroatoms. The molecule has 0 aliphatic heterocycles. The third kappa shape index (κ3) is 5.60. The van der Waals surface area contributed by atoms with Crippen LogP contribution in [0.1, 0.15) is 47.9 Å². The van der Waals surface area contributed by atoms with E-state index >= 15 is 0 Å². The Kier molecular flexibility index (Phi) is 6.93. The highest BCUT2D eigenvalue weighted by atomic mass is 19.4. The zero-order chi connectivity index (χ0) is 22.6. The molecule has 0 aromatic heterocycles. The van der Waals surface area contributed by atoms with Gasteiger partial charge in [-0.05, 0) is 84.7 Å². The van der Waals surface area contributed by atoms with Crippen LogP contribution in [0.2, 0.25) is 0 Å². The SMILES string of the molecule is COc1ccc(C2=C(COc3ccc(CCC(=O)O)c(C(F)(F)F)c3)CCC2)c(C)c1.